The van der Waals surface area contributed by atoms with Crippen LogP contribution < -0.4 is 10.5 Å². The van der Waals surface area contributed by atoms with Gasteiger partial charge >= 0.3 is 0 Å². The topological polar surface area (TPSA) is 85.3 Å². The highest BCUT2D eigenvalue weighted by molar-refractivity contribution is 9.10. The van der Waals surface area contributed by atoms with Crippen LogP contribution in [0.15, 0.2) is 69.7 Å². The molecule has 7 heteroatoms. The first-order valence-corrected chi connectivity index (χ1v) is 10.7. The fraction of sp³-hybridized carbons (Fsp3) is 0.217. The molecule has 1 atom stereocenters. The normalized spacial score (nSPS) is 18.6. The molecular weight excluding hydrogens is 468 g/mol. The van der Waals surface area contributed by atoms with Crippen molar-refractivity contribution in [2.45, 2.75) is 31.8 Å². The SMILES string of the molecule is N#CC1=C(N)OC2=C(C(=O)CCC2)[C@H]1c1cc(Br)ccc1OCc1ccc(Cl)cc1. The third-order valence-corrected chi connectivity index (χ3v) is 5.94. The number of Topliss-reactive ketones (excluding diaryl/α,β-unsaturated/α-hetero) is 1. The summed E-state index contributed by atoms with van der Waals surface area (Å²) in [6.07, 6.45) is 1.75. The van der Waals surface area contributed by atoms with Gasteiger partial charge in [0.1, 0.15) is 29.8 Å². The number of carbonyl (C=O) groups is 1. The number of benzene rings is 2. The van der Waals surface area contributed by atoms with E-state index in [2.05, 4.69) is 22.0 Å². The maximum atomic E-state index is 12.8. The van der Waals surface area contributed by atoms with Crippen molar-refractivity contribution in [2.75, 3.05) is 0 Å². The number of ketones is 1. The highest BCUT2D eigenvalue weighted by Gasteiger charge is 2.39. The monoisotopic (exact) mass is 484 g/mol. The number of nitrogens with zero attached hydrogens (tertiary/aromatic N) is 1. The van der Waals surface area contributed by atoms with E-state index in [4.69, 9.17) is 26.8 Å². The van der Waals surface area contributed by atoms with Crippen molar-refractivity contribution in [3.63, 3.8) is 0 Å². The molecule has 1 heterocycles. The van der Waals surface area contributed by atoms with Crippen LogP contribution in [0.4, 0.5) is 0 Å². The van der Waals surface area contributed by atoms with Crippen molar-refractivity contribution in [2.24, 2.45) is 5.73 Å². The third-order valence-electron chi connectivity index (χ3n) is 5.20. The lowest BCUT2D eigenvalue weighted by atomic mass is 9.77. The molecule has 1 aliphatic carbocycles. The largest absolute Gasteiger partial charge is 0.489 e. The number of carbonyl (C=O) groups excluding carboxylic acids is 1. The molecule has 1 aliphatic heterocycles. The van der Waals surface area contributed by atoms with Crippen LogP contribution in [-0.4, -0.2) is 5.78 Å². The van der Waals surface area contributed by atoms with Crippen molar-refractivity contribution >= 4 is 33.3 Å². The zero-order valence-corrected chi connectivity index (χ0v) is 18.3. The van der Waals surface area contributed by atoms with Crippen molar-refractivity contribution in [3.8, 4) is 11.8 Å². The molecule has 30 heavy (non-hydrogen) atoms. The first-order valence-electron chi connectivity index (χ1n) is 9.48. The van der Waals surface area contributed by atoms with Crippen LogP contribution >= 0.6 is 27.5 Å². The molecular formula is C23H18BrClN2O3. The highest BCUT2D eigenvalue weighted by Crippen LogP contribution is 2.46. The Morgan fingerprint density at radius 1 is 1.23 bits per heavy atom. The summed E-state index contributed by atoms with van der Waals surface area (Å²) in [6.45, 7) is 0.315. The van der Waals surface area contributed by atoms with Gasteiger partial charge in [0.2, 0.25) is 5.88 Å². The summed E-state index contributed by atoms with van der Waals surface area (Å²) in [4.78, 5) is 12.8. The average Bonchev–Trinajstić information content (AvgIpc) is 2.73. The van der Waals surface area contributed by atoms with Gasteiger partial charge in [-0.05, 0) is 42.3 Å². The minimum atomic E-state index is -0.621. The molecule has 0 amide bonds. The van der Waals surface area contributed by atoms with Crippen molar-refractivity contribution in [1.82, 2.24) is 0 Å². The molecule has 152 valence electrons. The highest BCUT2D eigenvalue weighted by atomic mass is 79.9. The lowest BCUT2D eigenvalue weighted by molar-refractivity contribution is -0.116. The second kappa shape index (κ2) is 8.55. The molecule has 0 saturated carbocycles. The molecule has 0 radical (unpaired) electrons. The number of rotatable bonds is 4. The van der Waals surface area contributed by atoms with Crippen LogP contribution in [0.25, 0.3) is 0 Å². The van der Waals surface area contributed by atoms with Crippen molar-refractivity contribution < 1.29 is 14.3 Å². The first-order chi connectivity index (χ1) is 14.5. The molecule has 0 saturated heterocycles. The summed E-state index contributed by atoms with van der Waals surface area (Å²) in [5.74, 6) is 0.524. The number of halogens is 2. The predicted octanol–water partition coefficient (Wildman–Crippen LogP) is 5.50. The van der Waals surface area contributed by atoms with Gasteiger partial charge in [0.15, 0.2) is 5.78 Å². The predicted molar refractivity (Wildman–Crippen MR) is 116 cm³/mol. The molecule has 2 aromatic rings. The van der Waals surface area contributed by atoms with Crippen molar-refractivity contribution in [3.05, 3.63) is 85.9 Å². The molecule has 2 aliphatic rings. The summed E-state index contributed by atoms with van der Waals surface area (Å²) in [5.41, 5.74) is 8.43. The Hall–Kier alpha value is -2.75. The van der Waals surface area contributed by atoms with E-state index < -0.39 is 5.92 Å². The molecule has 0 aromatic heterocycles. The van der Waals surface area contributed by atoms with Crippen molar-refractivity contribution in [1.29, 1.82) is 5.26 Å². The fourth-order valence-electron chi connectivity index (χ4n) is 3.79. The number of hydrogen-bond donors (Lipinski definition) is 1. The minimum Gasteiger partial charge on any atom is -0.489 e. The maximum absolute atomic E-state index is 12.8. The number of allylic oxidation sites excluding steroid dienone is 3. The van der Waals surface area contributed by atoms with E-state index in [9.17, 15) is 10.1 Å². The smallest absolute Gasteiger partial charge is 0.205 e. The van der Waals surface area contributed by atoms with Crippen LogP contribution in [0, 0.1) is 11.3 Å². The summed E-state index contributed by atoms with van der Waals surface area (Å²) >= 11 is 9.45. The summed E-state index contributed by atoms with van der Waals surface area (Å²) in [5, 5.41) is 10.4. The van der Waals surface area contributed by atoms with Crippen LogP contribution in [0.3, 0.4) is 0 Å². The Kier molecular flexibility index (Phi) is 5.85. The van der Waals surface area contributed by atoms with E-state index in [1.54, 1.807) is 12.1 Å². The zero-order valence-electron chi connectivity index (χ0n) is 16.0. The molecule has 5 nitrogen and oxygen atoms in total. The summed E-state index contributed by atoms with van der Waals surface area (Å²) < 4.78 is 12.6. The Morgan fingerprint density at radius 2 is 2.00 bits per heavy atom. The quantitative estimate of drug-likeness (QED) is 0.618. The number of ether oxygens (including phenoxy) is 2. The van der Waals surface area contributed by atoms with Crippen LogP contribution in [0.1, 0.15) is 36.3 Å². The van der Waals surface area contributed by atoms with E-state index >= 15 is 0 Å². The molecule has 0 spiro atoms. The first kappa shape index (κ1) is 20.5. The van der Waals surface area contributed by atoms with Gasteiger partial charge in [-0.3, -0.25) is 4.79 Å². The Morgan fingerprint density at radius 3 is 2.73 bits per heavy atom. The molecule has 0 bridgehead atoms. The number of nitriles is 1. The molecule has 0 fully saturated rings. The number of hydrogen-bond acceptors (Lipinski definition) is 5. The summed E-state index contributed by atoms with van der Waals surface area (Å²) in [7, 11) is 0. The standard InChI is InChI=1S/C23H18BrClN2O3/c24-14-6-9-19(29-12-13-4-7-15(25)8-5-13)16(10-14)21-17(11-26)23(27)30-20-3-1-2-18(28)22(20)21/h4-10,21H,1-3,12,27H2/t21-/m0/s1. The van der Waals surface area contributed by atoms with E-state index in [0.29, 0.717) is 53.5 Å². The van der Waals surface area contributed by atoms with Crippen LogP contribution in [0.2, 0.25) is 5.02 Å². The maximum Gasteiger partial charge on any atom is 0.205 e. The Bertz CT molecular complexity index is 1120. The molecule has 2 N–H and O–H groups in total. The zero-order chi connectivity index (χ0) is 21.3. The third kappa shape index (κ3) is 3.96. The van der Waals surface area contributed by atoms with E-state index in [-0.39, 0.29) is 17.2 Å². The van der Waals surface area contributed by atoms with Gasteiger partial charge < -0.3 is 15.2 Å². The van der Waals surface area contributed by atoms with E-state index in [1.807, 2.05) is 30.3 Å². The fourth-order valence-corrected chi connectivity index (χ4v) is 4.29. The number of nitrogens with two attached hydrogens (primary N) is 1. The second-order valence-corrected chi connectivity index (χ2v) is 8.49. The average molecular weight is 486 g/mol. The molecule has 4 rings (SSSR count). The van der Waals surface area contributed by atoms with Gasteiger partial charge in [0.25, 0.3) is 0 Å². The van der Waals surface area contributed by atoms with E-state index in [1.165, 1.54) is 0 Å². The Balaban J connectivity index is 1.77. The van der Waals surface area contributed by atoms with Crippen LogP contribution in [-0.2, 0) is 16.1 Å². The Labute approximate surface area is 187 Å². The van der Waals surface area contributed by atoms with Crippen LogP contribution in [0.5, 0.6) is 5.75 Å². The van der Waals surface area contributed by atoms with Gasteiger partial charge in [-0.2, -0.15) is 5.26 Å². The molecule has 2 aromatic carbocycles. The summed E-state index contributed by atoms with van der Waals surface area (Å²) in [6, 6.07) is 15.1. The second-order valence-electron chi connectivity index (χ2n) is 7.14. The van der Waals surface area contributed by atoms with Gasteiger partial charge in [-0.1, -0.05) is 39.7 Å². The van der Waals surface area contributed by atoms with Gasteiger partial charge in [-0.25, -0.2) is 0 Å². The minimum absolute atomic E-state index is 0.0230. The van der Waals surface area contributed by atoms with Gasteiger partial charge in [0.05, 0.1) is 5.92 Å². The van der Waals surface area contributed by atoms with Gasteiger partial charge in [-0.15, -0.1) is 0 Å². The lowest BCUT2D eigenvalue weighted by Crippen LogP contribution is -2.27. The lowest BCUT2D eigenvalue weighted by Gasteiger charge is -2.31. The molecule has 0 unspecified atom stereocenters. The van der Waals surface area contributed by atoms with E-state index in [0.717, 1.165) is 10.0 Å². The van der Waals surface area contributed by atoms with Gasteiger partial charge in [0, 0.05) is 33.5 Å².